The fourth-order valence-corrected chi connectivity index (χ4v) is 2.95. The predicted octanol–water partition coefficient (Wildman–Crippen LogP) is 1.92. The first-order valence-electron chi connectivity index (χ1n) is 7.15. The highest BCUT2D eigenvalue weighted by Crippen LogP contribution is 2.36. The Morgan fingerprint density at radius 2 is 1.95 bits per heavy atom. The summed E-state index contributed by atoms with van der Waals surface area (Å²) in [6.07, 6.45) is 2.63. The molecule has 0 unspecified atom stereocenters. The van der Waals surface area contributed by atoms with Gasteiger partial charge in [0.1, 0.15) is 11.4 Å². The van der Waals surface area contributed by atoms with Crippen molar-refractivity contribution in [1.82, 2.24) is 4.90 Å². The number of para-hydroxylation sites is 1. The zero-order valence-electron chi connectivity index (χ0n) is 11.7. The maximum atomic E-state index is 11.4. The number of hydrogen-bond donors (Lipinski definition) is 1. The van der Waals surface area contributed by atoms with Gasteiger partial charge < -0.3 is 10.2 Å². The van der Waals surface area contributed by atoms with Gasteiger partial charge in [-0.3, -0.25) is 15.0 Å². The van der Waals surface area contributed by atoms with Gasteiger partial charge in [-0.25, -0.2) is 0 Å². The molecule has 0 atom stereocenters. The number of rotatable bonds is 4. The fraction of sp³-hybridized carbons (Fsp3) is 0.571. The molecule has 108 valence electrons. The third-order valence-electron chi connectivity index (χ3n) is 4.18. The van der Waals surface area contributed by atoms with Crippen molar-refractivity contribution in [3.63, 3.8) is 0 Å². The Balaban J connectivity index is 1.81. The van der Waals surface area contributed by atoms with Gasteiger partial charge in [-0.1, -0.05) is 6.07 Å². The van der Waals surface area contributed by atoms with Gasteiger partial charge in [-0.05, 0) is 25.0 Å². The van der Waals surface area contributed by atoms with Crippen LogP contribution in [-0.2, 0) is 0 Å². The summed E-state index contributed by atoms with van der Waals surface area (Å²) in [7, 11) is 1.72. The summed E-state index contributed by atoms with van der Waals surface area (Å²) in [6.45, 7) is 3.74. The first-order valence-corrected chi connectivity index (χ1v) is 7.15. The van der Waals surface area contributed by atoms with Crippen LogP contribution in [0.15, 0.2) is 18.2 Å². The Bertz CT molecular complexity index is 508. The normalized spacial score (nSPS) is 19.9. The van der Waals surface area contributed by atoms with Gasteiger partial charge in [0.15, 0.2) is 0 Å². The first-order chi connectivity index (χ1) is 9.70. The molecule has 0 bridgehead atoms. The monoisotopic (exact) mass is 276 g/mol. The third kappa shape index (κ3) is 2.43. The van der Waals surface area contributed by atoms with Crippen molar-refractivity contribution in [2.24, 2.45) is 0 Å². The van der Waals surface area contributed by atoms with Gasteiger partial charge in [-0.2, -0.15) is 0 Å². The molecule has 1 N–H and O–H groups in total. The standard InChI is InChI=1S/C14H20N4O2/c1-15-12-3-2-4-13(14(12)18(19)20)17-9-7-16(8-10-17)11-5-6-11/h2-4,11,15H,5-10H2,1H3. The molecular weight excluding hydrogens is 256 g/mol. The molecule has 2 aliphatic rings. The topological polar surface area (TPSA) is 61.6 Å². The van der Waals surface area contributed by atoms with Crippen molar-refractivity contribution in [2.75, 3.05) is 43.4 Å². The van der Waals surface area contributed by atoms with Crippen LogP contribution in [0.4, 0.5) is 17.1 Å². The highest BCUT2D eigenvalue weighted by Gasteiger charge is 2.33. The highest BCUT2D eigenvalue weighted by molar-refractivity contribution is 5.77. The Morgan fingerprint density at radius 1 is 1.25 bits per heavy atom. The van der Waals surface area contributed by atoms with E-state index in [4.69, 9.17) is 0 Å². The maximum Gasteiger partial charge on any atom is 0.315 e. The predicted molar refractivity (Wildman–Crippen MR) is 79.5 cm³/mol. The van der Waals surface area contributed by atoms with Crippen LogP contribution < -0.4 is 10.2 Å². The summed E-state index contributed by atoms with van der Waals surface area (Å²) in [5, 5.41) is 14.3. The molecule has 1 aliphatic carbocycles. The number of nitrogens with one attached hydrogen (secondary N) is 1. The number of nitro benzene ring substituents is 1. The van der Waals surface area contributed by atoms with E-state index in [-0.39, 0.29) is 10.6 Å². The average Bonchev–Trinajstić information content (AvgIpc) is 3.31. The number of nitrogens with zero attached hydrogens (tertiary/aromatic N) is 3. The fourth-order valence-electron chi connectivity index (χ4n) is 2.95. The van der Waals surface area contributed by atoms with Crippen molar-refractivity contribution in [1.29, 1.82) is 0 Å². The van der Waals surface area contributed by atoms with E-state index >= 15 is 0 Å². The van der Waals surface area contributed by atoms with Gasteiger partial charge in [0.25, 0.3) is 0 Å². The summed E-state index contributed by atoms with van der Waals surface area (Å²) in [6, 6.07) is 6.26. The van der Waals surface area contributed by atoms with Crippen molar-refractivity contribution in [3.8, 4) is 0 Å². The van der Waals surface area contributed by atoms with Crippen molar-refractivity contribution < 1.29 is 4.92 Å². The van der Waals surface area contributed by atoms with Crippen molar-refractivity contribution in [2.45, 2.75) is 18.9 Å². The molecule has 0 amide bonds. The lowest BCUT2D eigenvalue weighted by Crippen LogP contribution is -2.47. The Hall–Kier alpha value is -1.82. The van der Waals surface area contributed by atoms with Crippen LogP contribution in [0.2, 0.25) is 0 Å². The van der Waals surface area contributed by atoms with Crippen LogP contribution in [0.1, 0.15) is 12.8 Å². The van der Waals surface area contributed by atoms with E-state index in [1.165, 1.54) is 12.8 Å². The minimum atomic E-state index is -0.283. The van der Waals surface area contributed by atoms with Crippen molar-refractivity contribution >= 4 is 17.1 Å². The summed E-state index contributed by atoms with van der Waals surface area (Å²) in [5.41, 5.74) is 1.50. The number of nitro groups is 1. The molecule has 1 saturated carbocycles. The third-order valence-corrected chi connectivity index (χ3v) is 4.18. The summed E-state index contributed by atoms with van der Waals surface area (Å²) in [4.78, 5) is 15.7. The number of piperazine rings is 1. The maximum absolute atomic E-state index is 11.4. The van der Waals surface area contributed by atoms with E-state index in [0.29, 0.717) is 5.69 Å². The second kappa shape index (κ2) is 5.28. The second-order valence-electron chi connectivity index (χ2n) is 5.43. The van der Waals surface area contributed by atoms with Gasteiger partial charge in [0, 0.05) is 39.3 Å². The Kier molecular flexibility index (Phi) is 3.48. The lowest BCUT2D eigenvalue weighted by Gasteiger charge is -2.36. The van der Waals surface area contributed by atoms with E-state index in [2.05, 4.69) is 15.1 Å². The minimum Gasteiger partial charge on any atom is -0.382 e. The summed E-state index contributed by atoms with van der Waals surface area (Å²) < 4.78 is 0. The number of anilines is 2. The molecule has 1 saturated heterocycles. The molecule has 3 rings (SSSR count). The molecule has 1 heterocycles. The smallest absolute Gasteiger partial charge is 0.315 e. The van der Waals surface area contributed by atoms with Crippen LogP contribution in [0, 0.1) is 10.1 Å². The molecule has 1 aromatic rings. The summed E-state index contributed by atoms with van der Waals surface area (Å²) in [5.74, 6) is 0. The van der Waals surface area contributed by atoms with E-state index in [1.54, 1.807) is 13.1 Å². The molecule has 0 aromatic heterocycles. The molecule has 1 aliphatic heterocycles. The minimum absolute atomic E-state index is 0.190. The molecule has 2 fully saturated rings. The van der Waals surface area contributed by atoms with Crippen molar-refractivity contribution in [3.05, 3.63) is 28.3 Å². The first kappa shape index (κ1) is 13.2. The van der Waals surface area contributed by atoms with E-state index in [0.717, 1.165) is 37.9 Å². The van der Waals surface area contributed by atoms with Crippen LogP contribution in [-0.4, -0.2) is 49.1 Å². The highest BCUT2D eigenvalue weighted by atomic mass is 16.6. The lowest BCUT2D eigenvalue weighted by molar-refractivity contribution is -0.383. The van der Waals surface area contributed by atoms with Crippen LogP contribution >= 0.6 is 0 Å². The molecule has 6 heteroatoms. The van der Waals surface area contributed by atoms with Gasteiger partial charge in [0.2, 0.25) is 0 Å². The molecule has 6 nitrogen and oxygen atoms in total. The van der Waals surface area contributed by atoms with E-state index < -0.39 is 0 Å². The number of hydrogen-bond acceptors (Lipinski definition) is 5. The summed E-state index contributed by atoms with van der Waals surface area (Å²) >= 11 is 0. The Morgan fingerprint density at radius 3 is 2.50 bits per heavy atom. The zero-order valence-corrected chi connectivity index (χ0v) is 11.7. The lowest BCUT2D eigenvalue weighted by atomic mass is 10.2. The van der Waals surface area contributed by atoms with Gasteiger partial charge in [0.05, 0.1) is 4.92 Å². The quantitative estimate of drug-likeness (QED) is 0.672. The average molecular weight is 276 g/mol. The largest absolute Gasteiger partial charge is 0.382 e. The van der Waals surface area contributed by atoms with Gasteiger partial charge in [-0.15, -0.1) is 0 Å². The van der Waals surface area contributed by atoms with Crippen LogP contribution in [0.3, 0.4) is 0 Å². The number of benzene rings is 1. The molecule has 0 radical (unpaired) electrons. The van der Waals surface area contributed by atoms with Crippen LogP contribution in [0.5, 0.6) is 0 Å². The zero-order chi connectivity index (χ0) is 14.1. The second-order valence-corrected chi connectivity index (χ2v) is 5.43. The molecule has 20 heavy (non-hydrogen) atoms. The molecule has 1 aromatic carbocycles. The SMILES string of the molecule is CNc1cccc(N2CCN(C3CC3)CC2)c1[N+](=O)[O-]. The molecule has 0 spiro atoms. The van der Waals surface area contributed by atoms with Crippen LogP contribution in [0.25, 0.3) is 0 Å². The van der Waals surface area contributed by atoms with E-state index in [1.807, 2.05) is 12.1 Å². The molecular formula is C14H20N4O2. The Labute approximate surface area is 118 Å². The van der Waals surface area contributed by atoms with Gasteiger partial charge >= 0.3 is 5.69 Å². The van der Waals surface area contributed by atoms with E-state index in [9.17, 15) is 10.1 Å².